The minimum Gasteiger partial charge on any atom is -0.479 e. The molecular formula is C12H13NO3. The van der Waals surface area contributed by atoms with Crippen LogP contribution in [0, 0.1) is 6.92 Å². The first kappa shape index (κ1) is 10.7. The number of hydrogen-bond donors (Lipinski definition) is 2. The molecule has 84 valence electrons. The number of aliphatic hydroxyl groups excluding tert-OH is 1. The van der Waals surface area contributed by atoms with Crippen molar-refractivity contribution in [2.45, 2.75) is 13.0 Å². The molecule has 2 N–H and O–H groups in total. The lowest BCUT2D eigenvalue weighted by Gasteiger charge is -2.06. The molecule has 0 bridgehead atoms. The Morgan fingerprint density at radius 2 is 2.00 bits per heavy atom. The molecule has 0 aliphatic rings. The number of rotatable bonds is 2. The van der Waals surface area contributed by atoms with Crippen molar-refractivity contribution in [3.63, 3.8) is 0 Å². The first-order valence-electron chi connectivity index (χ1n) is 4.99. The summed E-state index contributed by atoms with van der Waals surface area (Å²) in [5, 5.41) is 19.3. The van der Waals surface area contributed by atoms with Gasteiger partial charge in [0, 0.05) is 29.2 Å². The van der Waals surface area contributed by atoms with Gasteiger partial charge in [0.1, 0.15) is 0 Å². The Balaban J connectivity index is 2.78. The molecule has 1 atom stereocenters. The van der Waals surface area contributed by atoms with Crippen LogP contribution in [0.3, 0.4) is 0 Å². The summed E-state index contributed by atoms with van der Waals surface area (Å²) in [6.45, 7) is 1.81. The number of hydrogen-bond acceptors (Lipinski definition) is 2. The summed E-state index contributed by atoms with van der Waals surface area (Å²) >= 11 is 0. The highest BCUT2D eigenvalue weighted by Gasteiger charge is 2.23. The van der Waals surface area contributed by atoms with E-state index in [0.717, 1.165) is 16.6 Å². The van der Waals surface area contributed by atoms with Crippen molar-refractivity contribution in [3.8, 4) is 0 Å². The molecule has 2 aromatic rings. The lowest BCUT2D eigenvalue weighted by molar-refractivity contribution is -0.146. The van der Waals surface area contributed by atoms with Gasteiger partial charge < -0.3 is 14.8 Å². The van der Waals surface area contributed by atoms with Crippen molar-refractivity contribution in [2.75, 3.05) is 0 Å². The van der Waals surface area contributed by atoms with Crippen LogP contribution in [-0.4, -0.2) is 20.7 Å². The highest BCUT2D eigenvalue weighted by molar-refractivity contribution is 5.90. The van der Waals surface area contributed by atoms with Gasteiger partial charge in [-0.05, 0) is 13.0 Å². The Morgan fingerprint density at radius 3 is 2.62 bits per heavy atom. The van der Waals surface area contributed by atoms with E-state index in [1.165, 1.54) is 0 Å². The molecule has 0 spiro atoms. The number of para-hydroxylation sites is 1. The average molecular weight is 219 g/mol. The number of carboxylic acids is 1. The molecule has 1 aromatic heterocycles. The number of nitrogens with zero attached hydrogens (tertiary/aromatic N) is 1. The van der Waals surface area contributed by atoms with Gasteiger partial charge in [-0.25, -0.2) is 4.79 Å². The van der Waals surface area contributed by atoms with Crippen molar-refractivity contribution in [2.24, 2.45) is 7.05 Å². The second-order valence-corrected chi connectivity index (χ2v) is 3.82. The fourth-order valence-corrected chi connectivity index (χ4v) is 2.02. The van der Waals surface area contributed by atoms with Gasteiger partial charge in [0.15, 0.2) is 6.10 Å². The van der Waals surface area contributed by atoms with Crippen LogP contribution < -0.4 is 0 Å². The lowest BCUT2D eigenvalue weighted by Crippen LogP contribution is -2.11. The van der Waals surface area contributed by atoms with E-state index in [-0.39, 0.29) is 0 Å². The maximum Gasteiger partial charge on any atom is 0.337 e. The molecule has 0 fully saturated rings. The Labute approximate surface area is 92.7 Å². The number of carbonyl (C=O) groups is 1. The summed E-state index contributed by atoms with van der Waals surface area (Å²) < 4.78 is 1.89. The van der Waals surface area contributed by atoms with E-state index >= 15 is 0 Å². The van der Waals surface area contributed by atoms with Crippen LogP contribution in [0.1, 0.15) is 17.4 Å². The third-order valence-electron chi connectivity index (χ3n) is 2.96. The third-order valence-corrected chi connectivity index (χ3v) is 2.96. The van der Waals surface area contributed by atoms with Crippen LogP contribution in [-0.2, 0) is 11.8 Å². The fourth-order valence-electron chi connectivity index (χ4n) is 2.02. The molecule has 0 radical (unpaired) electrons. The Morgan fingerprint density at radius 1 is 1.38 bits per heavy atom. The van der Waals surface area contributed by atoms with Gasteiger partial charge in [0.25, 0.3) is 0 Å². The maximum atomic E-state index is 10.8. The van der Waals surface area contributed by atoms with E-state index in [4.69, 9.17) is 5.11 Å². The van der Waals surface area contributed by atoms with E-state index in [2.05, 4.69) is 0 Å². The zero-order valence-corrected chi connectivity index (χ0v) is 9.14. The van der Waals surface area contributed by atoms with E-state index < -0.39 is 12.1 Å². The number of aliphatic carboxylic acids is 1. The SMILES string of the molecule is Cc1c(C(O)C(=O)O)c2ccccc2n1C. The standard InChI is InChI=1S/C12H13NO3/c1-7-10(11(14)12(15)16)8-5-3-4-6-9(8)13(7)2/h3-6,11,14H,1-2H3,(H,15,16). The molecule has 1 aromatic carbocycles. The third kappa shape index (κ3) is 1.39. The monoisotopic (exact) mass is 219 g/mol. The van der Waals surface area contributed by atoms with Gasteiger partial charge in [-0.15, -0.1) is 0 Å². The second-order valence-electron chi connectivity index (χ2n) is 3.82. The zero-order chi connectivity index (χ0) is 11.9. The topological polar surface area (TPSA) is 62.5 Å². The number of carboxylic acid groups (broad SMARTS) is 1. The molecule has 16 heavy (non-hydrogen) atoms. The molecule has 0 aliphatic carbocycles. The van der Waals surface area contributed by atoms with Gasteiger partial charge in [-0.2, -0.15) is 0 Å². The summed E-state index contributed by atoms with van der Waals surface area (Å²) in [6.07, 6.45) is -1.47. The normalized spacial score (nSPS) is 12.9. The number of aryl methyl sites for hydroxylation is 1. The van der Waals surface area contributed by atoms with Crippen molar-refractivity contribution in [1.29, 1.82) is 0 Å². The highest BCUT2D eigenvalue weighted by Crippen LogP contribution is 2.29. The molecule has 0 saturated heterocycles. The highest BCUT2D eigenvalue weighted by atomic mass is 16.4. The number of benzene rings is 1. The van der Waals surface area contributed by atoms with Crippen LogP contribution >= 0.6 is 0 Å². The first-order chi connectivity index (χ1) is 7.54. The average Bonchev–Trinajstić information content (AvgIpc) is 2.52. The summed E-state index contributed by atoms with van der Waals surface area (Å²) in [7, 11) is 1.86. The predicted molar refractivity (Wildman–Crippen MR) is 60.3 cm³/mol. The minimum atomic E-state index is -1.47. The summed E-state index contributed by atoms with van der Waals surface area (Å²) in [5.74, 6) is -1.22. The van der Waals surface area contributed by atoms with E-state index in [1.54, 1.807) is 0 Å². The summed E-state index contributed by atoms with van der Waals surface area (Å²) in [6, 6.07) is 7.45. The van der Waals surface area contributed by atoms with E-state index in [9.17, 15) is 9.90 Å². The molecule has 0 saturated carbocycles. The molecule has 1 heterocycles. The van der Waals surface area contributed by atoms with Crippen LogP contribution in [0.4, 0.5) is 0 Å². The van der Waals surface area contributed by atoms with E-state index in [1.807, 2.05) is 42.8 Å². The first-order valence-corrected chi connectivity index (χ1v) is 4.99. The maximum absolute atomic E-state index is 10.8. The van der Waals surface area contributed by atoms with Gasteiger partial charge in [0.2, 0.25) is 0 Å². The van der Waals surface area contributed by atoms with Gasteiger partial charge in [-0.1, -0.05) is 18.2 Å². The molecule has 1 unspecified atom stereocenters. The molecular weight excluding hydrogens is 206 g/mol. The van der Waals surface area contributed by atoms with Crippen LogP contribution in [0.2, 0.25) is 0 Å². The van der Waals surface area contributed by atoms with Crippen molar-refractivity contribution >= 4 is 16.9 Å². The van der Waals surface area contributed by atoms with Gasteiger partial charge in [0.05, 0.1) is 0 Å². The van der Waals surface area contributed by atoms with Crippen LogP contribution in [0.15, 0.2) is 24.3 Å². The Bertz CT molecular complexity index is 557. The smallest absolute Gasteiger partial charge is 0.337 e. The van der Waals surface area contributed by atoms with Gasteiger partial charge >= 0.3 is 5.97 Å². The largest absolute Gasteiger partial charge is 0.479 e. The Hall–Kier alpha value is -1.81. The molecule has 0 amide bonds. The zero-order valence-electron chi connectivity index (χ0n) is 9.14. The predicted octanol–water partition coefficient (Wildman–Crippen LogP) is 1.60. The second kappa shape index (κ2) is 3.64. The number of aliphatic hydroxyl groups is 1. The lowest BCUT2D eigenvalue weighted by atomic mass is 10.1. The number of fused-ring (bicyclic) bond motifs is 1. The number of aromatic nitrogens is 1. The summed E-state index contributed by atoms with van der Waals surface area (Å²) in [4.78, 5) is 10.8. The van der Waals surface area contributed by atoms with E-state index in [0.29, 0.717) is 5.56 Å². The van der Waals surface area contributed by atoms with Crippen LogP contribution in [0.5, 0.6) is 0 Å². The van der Waals surface area contributed by atoms with Crippen LogP contribution in [0.25, 0.3) is 10.9 Å². The van der Waals surface area contributed by atoms with Crippen molar-refractivity contribution < 1.29 is 15.0 Å². The molecule has 4 heteroatoms. The summed E-state index contributed by atoms with van der Waals surface area (Å²) in [5.41, 5.74) is 2.18. The fraction of sp³-hybridized carbons (Fsp3) is 0.250. The Kier molecular flexibility index (Phi) is 2.44. The van der Waals surface area contributed by atoms with Crippen molar-refractivity contribution in [1.82, 2.24) is 4.57 Å². The quantitative estimate of drug-likeness (QED) is 0.806. The van der Waals surface area contributed by atoms with Crippen molar-refractivity contribution in [3.05, 3.63) is 35.5 Å². The van der Waals surface area contributed by atoms with Gasteiger partial charge in [-0.3, -0.25) is 0 Å². The minimum absolute atomic E-state index is 0.477. The molecule has 2 rings (SSSR count). The molecule has 4 nitrogen and oxygen atoms in total. The molecule has 0 aliphatic heterocycles.